The van der Waals surface area contributed by atoms with Gasteiger partial charge in [-0.2, -0.15) is 0 Å². The second-order valence-corrected chi connectivity index (χ2v) is 7.87. The number of rotatable bonds is 3. The van der Waals surface area contributed by atoms with Crippen LogP contribution in [0.4, 0.5) is 0 Å². The number of imidazole rings is 1. The zero-order valence-corrected chi connectivity index (χ0v) is 17.2. The second-order valence-electron chi connectivity index (χ2n) is 6.10. The Morgan fingerprint density at radius 3 is 2.48 bits per heavy atom. The normalized spacial score (nSPS) is 11.0. The van der Waals surface area contributed by atoms with E-state index in [0.29, 0.717) is 26.7 Å². The molecule has 4 nitrogen and oxygen atoms in total. The van der Waals surface area contributed by atoms with Crippen LogP contribution in [0.15, 0.2) is 75.7 Å². The predicted molar refractivity (Wildman–Crippen MR) is 112 cm³/mol. The molecular formula is C21H14Br2N2O2. The van der Waals surface area contributed by atoms with Crippen molar-refractivity contribution in [3.8, 4) is 5.75 Å². The highest BCUT2D eigenvalue weighted by Gasteiger charge is 2.22. The first-order valence-corrected chi connectivity index (χ1v) is 9.86. The van der Waals surface area contributed by atoms with Gasteiger partial charge in [-0.25, -0.2) is 4.98 Å². The molecule has 1 N–H and O–H groups in total. The van der Waals surface area contributed by atoms with Gasteiger partial charge < -0.3 is 5.11 Å². The lowest BCUT2D eigenvalue weighted by Gasteiger charge is -2.11. The molecule has 0 aliphatic carbocycles. The van der Waals surface area contributed by atoms with Gasteiger partial charge in [-0.05, 0) is 45.8 Å². The van der Waals surface area contributed by atoms with E-state index in [-0.39, 0.29) is 17.2 Å². The Morgan fingerprint density at radius 2 is 1.70 bits per heavy atom. The maximum atomic E-state index is 13.4. The summed E-state index contributed by atoms with van der Waals surface area (Å²) in [4.78, 5) is 18.0. The van der Waals surface area contributed by atoms with Crippen molar-refractivity contribution in [3.63, 3.8) is 0 Å². The number of halogens is 2. The average molecular weight is 486 g/mol. The molecule has 1 heterocycles. The number of carbonyl (C=O) groups excluding carboxylic acids is 1. The Bertz CT molecular complexity index is 1150. The van der Waals surface area contributed by atoms with Gasteiger partial charge in [0, 0.05) is 10.9 Å². The number of hydrogen-bond donors (Lipinski definition) is 1. The van der Waals surface area contributed by atoms with E-state index in [1.807, 2.05) is 54.6 Å². The van der Waals surface area contributed by atoms with Crippen LogP contribution < -0.4 is 0 Å². The Labute approximate surface area is 172 Å². The predicted octanol–water partition coefficient (Wildman–Crippen LogP) is 5.55. The maximum Gasteiger partial charge on any atom is 0.267 e. The first kappa shape index (κ1) is 17.9. The Balaban J connectivity index is 1.90. The molecule has 0 spiro atoms. The first-order chi connectivity index (χ1) is 13.0. The van der Waals surface area contributed by atoms with E-state index in [9.17, 15) is 9.90 Å². The van der Waals surface area contributed by atoms with Crippen LogP contribution in [-0.2, 0) is 6.42 Å². The maximum absolute atomic E-state index is 13.4. The molecule has 6 heteroatoms. The molecule has 0 radical (unpaired) electrons. The molecule has 0 bridgehead atoms. The zero-order valence-electron chi connectivity index (χ0n) is 14.1. The lowest BCUT2D eigenvalue weighted by molar-refractivity contribution is 0.0959. The van der Waals surface area contributed by atoms with E-state index in [4.69, 9.17) is 0 Å². The van der Waals surface area contributed by atoms with Crippen LogP contribution in [0.25, 0.3) is 11.0 Å². The molecule has 134 valence electrons. The first-order valence-electron chi connectivity index (χ1n) is 8.27. The van der Waals surface area contributed by atoms with Crippen LogP contribution in [0.5, 0.6) is 5.75 Å². The molecule has 4 aromatic rings. The molecule has 0 aliphatic heterocycles. The Hall–Kier alpha value is -2.44. The standard InChI is InChI=1S/C21H14Br2N2O2/c22-14-11-15(20(26)16(23)12-14)21(27)25-18-9-5-4-8-17(18)24-19(25)10-13-6-2-1-3-7-13/h1-9,11-12,26H,10H2. The van der Waals surface area contributed by atoms with E-state index in [0.717, 1.165) is 11.1 Å². The summed E-state index contributed by atoms with van der Waals surface area (Å²) in [5.41, 5.74) is 2.71. The molecule has 0 fully saturated rings. The van der Waals surface area contributed by atoms with Gasteiger partial charge in [0.1, 0.15) is 11.6 Å². The summed E-state index contributed by atoms with van der Waals surface area (Å²) in [5.74, 6) is 0.212. The van der Waals surface area contributed by atoms with Crippen LogP contribution >= 0.6 is 31.9 Å². The van der Waals surface area contributed by atoms with Gasteiger partial charge in [0.2, 0.25) is 0 Å². The largest absolute Gasteiger partial charge is 0.506 e. The lowest BCUT2D eigenvalue weighted by Crippen LogP contribution is -2.16. The fourth-order valence-corrected chi connectivity index (χ4v) is 4.27. The summed E-state index contributed by atoms with van der Waals surface area (Å²) in [5, 5.41) is 10.4. The number of aromatic hydroxyl groups is 1. The summed E-state index contributed by atoms with van der Waals surface area (Å²) >= 11 is 6.68. The van der Waals surface area contributed by atoms with E-state index >= 15 is 0 Å². The van der Waals surface area contributed by atoms with Crippen molar-refractivity contribution in [2.24, 2.45) is 0 Å². The van der Waals surface area contributed by atoms with Crippen molar-refractivity contribution in [1.29, 1.82) is 0 Å². The number of phenolic OH excluding ortho intramolecular Hbond substituents is 1. The lowest BCUT2D eigenvalue weighted by atomic mass is 10.1. The third-order valence-electron chi connectivity index (χ3n) is 4.30. The Kier molecular flexibility index (Phi) is 4.85. The summed E-state index contributed by atoms with van der Waals surface area (Å²) in [6.07, 6.45) is 0.511. The van der Waals surface area contributed by atoms with E-state index < -0.39 is 0 Å². The number of para-hydroxylation sites is 2. The monoisotopic (exact) mass is 484 g/mol. The molecule has 1 aromatic heterocycles. The third kappa shape index (κ3) is 3.42. The number of nitrogens with zero attached hydrogens (tertiary/aromatic N) is 2. The van der Waals surface area contributed by atoms with Crippen molar-refractivity contribution < 1.29 is 9.90 Å². The minimum Gasteiger partial charge on any atom is -0.506 e. The van der Waals surface area contributed by atoms with Crippen LogP contribution in [0, 0.1) is 0 Å². The van der Waals surface area contributed by atoms with Gasteiger partial charge in [0.25, 0.3) is 5.91 Å². The minimum atomic E-state index is -0.325. The number of phenols is 1. The highest BCUT2D eigenvalue weighted by molar-refractivity contribution is 9.11. The van der Waals surface area contributed by atoms with Crippen molar-refractivity contribution >= 4 is 48.8 Å². The number of aromatic nitrogens is 2. The molecule has 0 saturated heterocycles. The van der Waals surface area contributed by atoms with Gasteiger partial charge in [0.15, 0.2) is 0 Å². The number of hydrogen-bond acceptors (Lipinski definition) is 3. The molecule has 4 rings (SSSR count). The third-order valence-corrected chi connectivity index (χ3v) is 5.36. The summed E-state index contributed by atoms with van der Waals surface area (Å²) in [7, 11) is 0. The van der Waals surface area contributed by atoms with E-state index in [1.165, 1.54) is 0 Å². The smallest absolute Gasteiger partial charge is 0.267 e. The van der Waals surface area contributed by atoms with Crippen molar-refractivity contribution in [2.45, 2.75) is 6.42 Å². The number of fused-ring (bicyclic) bond motifs is 1. The van der Waals surface area contributed by atoms with Gasteiger partial charge in [-0.1, -0.05) is 58.4 Å². The van der Waals surface area contributed by atoms with E-state index in [1.54, 1.807) is 16.7 Å². The highest BCUT2D eigenvalue weighted by Crippen LogP contribution is 2.33. The Morgan fingerprint density at radius 1 is 1.00 bits per heavy atom. The molecule has 27 heavy (non-hydrogen) atoms. The van der Waals surface area contributed by atoms with Gasteiger partial charge >= 0.3 is 0 Å². The van der Waals surface area contributed by atoms with Gasteiger partial charge in [-0.3, -0.25) is 9.36 Å². The summed E-state index contributed by atoms with van der Waals surface area (Å²) in [6.45, 7) is 0. The van der Waals surface area contributed by atoms with Crippen LogP contribution in [0.1, 0.15) is 21.7 Å². The molecule has 0 amide bonds. The number of carbonyl (C=O) groups is 1. The quantitative estimate of drug-likeness (QED) is 0.414. The average Bonchev–Trinajstić information content (AvgIpc) is 3.02. The highest BCUT2D eigenvalue weighted by atomic mass is 79.9. The fraction of sp³-hybridized carbons (Fsp3) is 0.0476. The summed E-state index contributed by atoms with van der Waals surface area (Å²) in [6, 6.07) is 20.7. The van der Waals surface area contributed by atoms with Gasteiger partial charge in [-0.15, -0.1) is 0 Å². The summed E-state index contributed by atoms with van der Waals surface area (Å²) < 4.78 is 2.73. The van der Waals surface area contributed by atoms with Crippen LogP contribution in [0.2, 0.25) is 0 Å². The minimum absolute atomic E-state index is 0.0911. The molecular weight excluding hydrogens is 472 g/mol. The molecule has 0 saturated carbocycles. The van der Waals surface area contributed by atoms with Crippen molar-refractivity contribution in [3.05, 3.63) is 92.6 Å². The van der Waals surface area contributed by atoms with Crippen LogP contribution in [0.3, 0.4) is 0 Å². The van der Waals surface area contributed by atoms with Gasteiger partial charge in [0.05, 0.1) is 21.1 Å². The van der Waals surface area contributed by atoms with Crippen LogP contribution in [-0.4, -0.2) is 20.6 Å². The van der Waals surface area contributed by atoms with Crippen molar-refractivity contribution in [1.82, 2.24) is 9.55 Å². The SMILES string of the molecule is O=C(c1cc(Br)cc(Br)c1O)n1c(Cc2ccccc2)nc2ccccc21. The zero-order chi connectivity index (χ0) is 19.0. The number of benzene rings is 3. The molecule has 0 atom stereocenters. The molecule has 3 aromatic carbocycles. The molecule has 0 unspecified atom stereocenters. The molecule has 0 aliphatic rings. The topological polar surface area (TPSA) is 55.1 Å². The van der Waals surface area contributed by atoms with Crippen molar-refractivity contribution in [2.75, 3.05) is 0 Å². The second kappa shape index (κ2) is 7.29. The van der Waals surface area contributed by atoms with E-state index in [2.05, 4.69) is 36.8 Å². The fourth-order valence-electron chi connectivity index (χ4n) is 3.05.